The van der Waals surface area contributed by atoms with Gasteiger partial charge in [0.1, 0.15) is 11.9 Å². The minimum atomic E-state index is -0.152. The van der Waals surface area contributed by atoms with E-state index < -0.39 is 0 Å². The molecule has 1 saturated heterocycles. The van der Waals surface area contributed by atoms with Gasteiger partial charge in [-0.3, -0.25) is 9.89 Å². The maximum absolute atomic E-state index is 13.0. The predicted molar refractivity (Wildman–Crippen MR) is 91.6 cm³/mol. The van der Waals surface area contributed by atoms with E-state index in [0.29, 0.717) is 31.9 Å². The third kappa shape index (κ3) is 3.12. The Bertz CT molecular complexity index is 773. The van der Waals surface area contributed by atoms with Crippen LogP contribution in [0.1, 0.15) is 33.4 Å². The first-order valence-corrected chi connectivity index (χ1v) is 8.58. The number of rotatable bonds is 3. The molecule has 2 aliphatic rings. The minimum Gasteiger partial charge on any atom is -0.497 e. The molecule has 1 fully saturated rings. The largest absolute Gasteiger partial charge is 0.497 e. The molecular weight excluding hydrogens is 320 g/mol. The van der Waals surface area contributed by atoms with Crippen molar-refractivity contribution in [3.05, 3.63) is 46.8 Å². The van der Waals surface area contributed by atoms with E-state index in [-0.39, 0.29) is 12.0 Å². The molecule has 3 heterocycles. The highest BCUT2D eigenvalue weighted by molar-refractivity contribution is 5.94. The zero-order chi connectivity index (χ0) is 17.2. The molecule has 7 nitrogen and oxygen atoms in total. The zero-order valence-corrected chi connectivity index (χ0v) is 14.2. The number of nitrogens with one attached hydrogen (secondary N) is 2. The number of hydrogen-bond acceptors (Lipinski definition) is 5. The fourth-order valence-corrected chi connectivity index (χ4v) is 3.43. The van der Waals surface area contributed by atoms with Crippen molar-refractivity contribution in [3.63, 3.8) is 0 Å². The van der Waals surface area contributed by atoms with Gasteiger partial charge in [-0.05, 0) is 17.7 Å². The van der Waals surface area contributed by atoms with Crippen molar-refractivity contribution in [3.8, 4) is 5.75 Å². The van der Waals surface area contributed by atoms with E-state index >= 15 is 0 Å². The molecule has 1 aromatic heterocycles. The number of morpholine rings is 1. The molecule has 0 saturated carbocycles. The van der Waals surface area contributed by atoms with Crippen LogP contribution in [0.2, 0.25) is 0 Å². The van der Waals surface area contributed by atoms with Gasteiger partial charge in [-0.2, -0.15) is 5.10 Å². The lowest BCUT2D eigenvalue weighted by Crippen LogP contribution is -2.43. The van der Waals surface area contributed by atoms with Gasteiger partial charge in [0.2, 0.25) is 0 Å². The Labute approximate surface area is 146 Å². The lowest BCUT2D eigenvalue weighted by molar-refractivity contribution is -0.0231. The second-order valence-electron chi connectivity index (χ2n) is 6.34. The maximum Gasteiger partial charge on any atom is 0.274 e. The molecule has 0 aliphatic carbocycles. The normalized spacial score (nSPS) is 20.2. The van der Waals surface area contributed by atoms with Gasteiger partial charge in [0.25, 0.3) is 5.91 Å². The summed E-state index contributed by atoms with van der Waals surface area (Å²) in [6.07, 6.45) is 0.728. The summed E-state index contributed by atoms with van der Waals surface area (Å²) in [7, 11) is 1.64. The summed E-state index contributed by atoms with van der Waals surface area (Å²) in [4.78, 5) is 14.8. The molecule has 0 spiro atoms. The number of carbonyl (C=O) groups excluding carboxylic acids is 1. The number of nitrogens with zero attached hydrogens (tertiary/aromatic N) is 2. The number of amides is 1. The van der Waals surface area contributed by atoms with E-state index in [0.717, 1.165) is 35.5 Å². The van der Waals surface area contributed by atoms with Gasteiger partial charge < -0.3 is 19.7 Å². The van der Waals surface area contributed by atoms with Gasteiger partial charge in [0.15, 0.2) is 5.69 Å². The third-order valence-corrected chi connectivity index (χ3v) is 4.83. The number of aromatic nitrogens is 2. The van der Waals surface area contributed by atoms with Gasteiger partial charge in [-0.1, -0.05) is 12.1 Å². The Morgan fingerprint density at radius 1 is 1.44 bits per heavy atom. The van der Waals surface area contributed by atoms with E-state index in [1.54, 1.807) is 7.11 Å². The maximum atomic E-state index is 13.0. The number of H-pyrrole nitrogens is 1. The van der Waals surface area contributed by atoms with Crippen LogP contribution in [0.3, 0.4) is 0 Å². The van der Waals surface area contributed by atoms with Gasteiger partial charge in [0, 0.05) is 37.3 Å². The molecule has 1 aromatic carbocycles. The third-order valence-electron chi connectivity index (χ3n) is 4.83. The molecule has 2 aliphatic heterocycles. The number of ether oxygens (including phenoxy) is 2. The fourth-order valence-electron chi connectivity index (χ4n) is 3.43. The van der Waals surface area contributed by atoms with E-state index in [1.165, 1.54) is 0 Å². The molecule has 7 heteroatoms. The van der Waals surface area contributed by atoms with E-state index in [1.807, 2.05) is 29.2 Å². The summed E-state index contributed by atoms with van der Waals surface area (Å²) in [6.45, 7) is 3.21. The highest BCUT2D eigenvalue weighted by Crippen LogP contribution is 2.27. The van der Waals surface area contributed by atoms with Crippen LogP contribution in [-0.4, -0.2) is 54.4 Å². The number of hydrogen-bond donors (Lipinski definition) is 2. The second-order valence-corrected chi connectivity index (χ2v) is 6.34. The Morgan fingerprint density at radius 2 is 2.36 bits per heavy atom. The van der Waals surface area contributed by atoms with Gasteiger partial charge in [-0.15, -0.1) is 0 Å². The first-order valence-electron chi connectivity index (χ1n) is 8.58. The average Bonchev–Trinajstić information content (AvgIpc) is 3.11. The van der Waals surface area contributed by atoms with Crippen LogP contribution in [0.4, 0.5) is 0 Å². The van der Waals surface area contributed by atoms with Crippen molar-refractivity contribution in [2.45, 2.75) is 19.1 Å². The standard InChI is InChI=1S/C18H22N4O3/c1-24-13-4-2-3-12(9-13)16-11-22(7-8-25-16)18(23)17-14-10-19-6-5-15(14)20-21-17/h2-4,9,16,19H,5-8,10-11H2,1H3,(H,20,21). The quantitative estimate of drug-likeness (QED) is 0.878. The lowest BCUT2D eigenvalue weighted by atomic mass is 10.0. The van der Waals surface area contributed by atoms with Crippen molar-refractivity contribution in [2.24, 2.45) is 0 Å². The molecular formula is C18H22N4O3. The smallest absolute Gasteiger partial charge is 0.274 e. The highest BCUT2D eigenvalue weighted by Gasteiger charge is 2.30. The Balaban J connectivity index is 1.52. The van der Waals surface area contributed by atoms with Crippen LogP contribution < -0.4 is 10.1 Å². The molecule has 1 unspecified atom stereocenters. The molecule has 2 aromatic rings. The Kier molecular flexibility index (Phi) is 4.42. The van der Waals surface area contributed by atoms with Crippen LogP contribution in [0.15, 0.2) is 24.3 Å². The predicted octanol–water partition coefficient (Wildman–Crippen LogP) is 1.28. The van der Waals surface area contributed by atoms with Crippen molar-refractivity contribution in [1.82, 2.24) is 20.4 Å². The van der Waals surface area contributed by atoms with Crippen LogP contribution in [-0.2, 0) is 17.7 Å². The summed E-state index contributed by atoms with van der Waals surface area (Å²) in [6, 6.07) is 7.80. The monoisotopic (exact) mass is 342 g/mol. The number of benzene rings is 1. The summed E-state index contributed by atoms with van der Waals surface area (Å²) in [5, 5.41) is 10.6. The fraction of sp³-hybridized carbons (Fsp3) is 0.444. The topological polar surface area (TPSA) is 79.5 Å². The number of aromatic amines is 1. The van der Waals surface area contributed by atoms with Gasteiger partial charge in [-0.25, -0.2) is 0 Å². The number of carbonyl (C=O) groups is 1. The van der Waals surface area contributed by atoms with Crippen molar-refractivity contribution >= 4 is 5.91 Å². The summed E-state index contributed by atoms with van der Waals surface area (Å²) in [5.74, 6) is 0.759. The van der Waals surface area contributed by atoms with E-state index in [9.17, 15) is 4.79 Å². The number of fused-ring (bicyclic) bond motifs is 1. The minimum absolute atomic E-state index is 0.0302. The first-order chi connectivity index (χ1) is 12.3. The summed E-state index contributed by atoms with van der Waals surface area (Å²) in [5.41, 5.74) is 3.62. The highest BCUT2D eigenvalue weighted by atomic mass is 16.5. The SMILES string of the molecule is COc1cccc(C2CN(C(=O)c3n[nH]c4c3CNCC4)CCO2)c1. The molecule has 1 amide bonds. The van der Waals surface area contributed by atoms with Crippen molar-refractivity contribution in [2.75, 3.05) is 33.4 Å². The van der Waals surface area contributed by atoms with Gasteiger partial charge >= 0.3 is 0 Å². The summed E-state index contributed by atoms with van der Waals surface area (Å²) >= 11 is 0. The van der Waals surface area contributed by atoms with Crippen LogP contribution in [0.5, 0.6) is 5.75 Å². The van der Waals surface area contributed by atoms with E-state index in [4.69, 9.17) is 9.47 Å². The first kappa shape index (κ1) is 16.1. The molecule has 132 valence electrons. The molecule has 0 bridgehead atoms. The summed E-state index contributed by atoms with van der Waals surface area (Å²) < 4.78 is 11.2. The second kappa shape index (κ2) is 6.85. The number of methoxy groups -OCH3 is 1. The lowest BCUT2D eigenvalue weighted by Gasteiger charge is -2.33. The van der Waals surface area contributed by atoms with Crippen molar-refractivity contribution in [1.29, 1.82) is 0 Å². The Hall–Kier alpha value is -2.38. The molecule has 25 heavy (non-hydrogen) atoms. The molecule has 0 radical (unpaired) electrons. The molecule has 1 atom stereocenters. The van der Waals surface area contributed by atoms with E-state index in [2.05, 4.69) is 15.5 Å². The average molecular weight is 342 g/mol. The van der Waals surface area contributed by atoms with Crippen LogP contribution in [0.25, 0.3) is 0 Å². The van der Waals surface area contributed by atoms with Crippen LogP contribution in [0, 0.1) is 0 Å². The van der Waals surface area contributed by atoms with Crippen LogP contribution >= 0.6 is 0 Å². The molecule has 2 N–H and O–H groups in total. The Morgan fingerprint density at radius 3 is 3.24 bits per heavy atom. The van der Waals surface area contributed by atoms with Gasteiger partial charge in [0.05, 0.1) is 20.3 Å². The zero-order valence-electron chi connectivity index (χ0n) is 14.2. The molecule has 4 rings (SSSR count). The van der Waals surface area contributed by atoms with Crippen molar-refractivity contribution < 1.29 is 14.3 Å².